The van der Waals surface area contributed by atoms with Gasteiger partial charge in [0.2, 0.25) is 11.8 Å². The minimum absolute atomic E-state index is 0.130. The van der Waals surface area contributed by atoms with Crippen LogP contribution in [0.25, 0.3) is 0 Å². The summed E-state index contributed by atoms with van der Waals surface area (Å²) in [6.45, 7) is 1.62. The maximum absolute atomic E-state index is 13.9. The zero-order valence-electron chi connectivity index (χ0n) is 19.1. The van der Waals surface area contributed by atoms with Crippen LogP contribution in [0.4, 0.5) is 11.4 Å². The molecule has 3 aliphatic heterocycles. The van der Waals surface area contributed by atoms with Gasteiger partial charge in [0, 0.05) is 17.7 Å². The number of non-ortho nitro benzene ring substituents is 1. The number of hydrazone groups is 1. The molecule has 3 aromatic carbocycles. The lowest BCUT2D eigenvalue weighted by molar-refractivity contribution is -0.384. The first kappa shape index (κ1) is 21.8. The minimum Gasteiger partial charge on any atom is -0.292 e. The number of nitrogens with zero attached hydrogens (tertiary/aromatic N) is 4. The van der Waals surface area contributed by atoms with E-state index in [1.807, 2.05) is 24.3 Å². The van der Waals surface area contributed by atoms with Gasteiger partial charge in [0.05, 0.1) is 34.7 Å². The van der Waals surface area contributed by atoms with E-state index in [1.54, 1.807) is 48.5 Å². The first-order valence-corrected chi connectivity index (χ1v) is 11.5. The molecule has 2 fully saturated rings. The Hall–Kier alpha value is -4.66. The van der Waals surface area contributed by atoms with E-state index in [1.165, 1.54) is 18.2 Å². The number of aryl methyl sites for hydroxylation is 1. The average Bonchev–Trinajstić information content (AvgIpc) is 3.36. The molecule has 0 bridgehead atoms. The molecule has 4 unspecified atom stereocenters. The fourth-order valence-corrected chi connectivity index (χ4v) is 5.68. The number of Topliss-reactive ketones (excluding diaryl/α,β-unsaturated/α-hetero) is 1. The Morgan fingerprint density at radius 1 is 0.944 bits per heavy atom. The van der Waals surface area contributed by atoms with Gasteiger partial charge < -0.3 is 0 Å². The van der Waals surface area contributed by atoms with E-state index in [-0.39, 0.29) is 17.2 Å². The third kappa shape index (κ3) is 3.02. The molecule has 3 aromatic rings. The van der Waals surface area contributed by atoms with Crippen molar-refractivity contribution < 1.29 is 19.3 Å². The third-order valence-corrected chi connectivity index (χ3v) is 7.25. The van der Waals surface area contributed by atoms with Crippen molar-refractivity contribution in [2.45, 2.75) is 19.0 Å². The Labute approximate surface area is 205 Å². The normalized spacial score (nSPS) is 23.9. The lowest BCUT2D eigenvalue weighted by Gasteiger charge is -2.34. The van der Waals surface area contributed by atoms with Crippen molar-refractivity contribution in [2.24, 2.45) is 16.9 Å². The molecule has 9 nitrogen and oxygen atoms in total. The van der Waals surface area contributed by atoms with Crippen molar-refractivity contribution in [1.29, 1.82) is 0 Å². The number of anilines is 1. The summed E-state index contributed by atoms with van der Waals surface area (Å²) in [7, 11) is 0. The van der Waals surface area contributed by atoms with E-state index >= 15 is 0 Å². The molecule has 36 heavy (non-hydrogen) atoms. The molecule has 2 amide bonds. The number of fused-ring (bicyclic) bond motifs is 5. The smallest absolute Gasteiger partial charge is 0.269 e. The molecule has 6 rings (SSSR count). The summed E-state index contributed by atoms with van der Waals surface area (Å²) >= 11 is 0. The van der Waals surface area contributed by atoms with Crippen LogP contribution in [0.2, 0.25) is 0 Å². The van der Waals surface area contributed by atoms with Gasteiger partial charge in [-0.05, 0) is 29.7 Å². The highest BCUT2D eigenvalue weighted by Gasteiger charge is 2.65. The van der Waals surface area contributed by atoms with Gasteiger partial charge in [0.25, 0.3) is 5.69 Å². The molecule has 3 heterocycles. The number of benzene rings is 3. The molecule has 0 aliphatic carbocycles. The SMILES string of the molecule is Cc1cc([N+](=O)[O-])ccc1N1C(=O)C2C(C1=O)C1c3ccccc3C=NN1C2C(=O)c1ccccc1. The summed E-state index contributed by atoms with van der Waals surface area (Å²) in [4.78, 5) is 53.4. The van der Waals surface area contributed by atoms with Crippen molar-refractivity contribution in [3.8, 4) is 0 Å². The number of rotatable bonds is 4. The van der Waals surface area contributed by atoms with Crippen LogP contribution in [0.15, 0.2) is 77.9 Å². The average molecular weight is 480 g/mol. The van der Waals surface area contributed by atoms with Gasteiger partial charge in [0.1, 0.15) is 6.04 Å². The van der Waals surface area contributed by atoms with Gasteiger partial charge in [-0.3, -0.25) is 29.5 Å². The molecule has 0 saturated carbocycles. The lowest BCUT2D eigenvalue weighted by atomic mass is 9.83. The van der Waals surface area contributed by atoms with Crippen LogP contribution in [0.3, 0.4) is 0 Å². The zero-order valence-corrected chi connectivity index (χ0v) is 19.1. The topological polar surface area (TPSA) is 113 Å². The maximum Gasteiger partial charge on any atom is 0.269 e. The summed E-state index contributed by atoms with van der Waals surface area (Å²) in [5.74, 6) is -3.00. The first-order valence-electron chi connectivity index (χ1n) is 11.5. The number of carbonyl (C=O) groups is 3. The Balaban J connectivity index is 1.49. The second-order valence-corrected chi connectivity index (χ2v) is 9.16. The van der Waals surface area contributed by atoms with Crippen LogP contribution in [0.1, 0.15) is 33.1 Å². The van der Waals surface area contributed by atoms with Crippen molar-refractivity contribution >= 4 is 35.2 Å². The largest absolute Gasteiger partial charge is 0.292 e. The van der Waals surface area contributed by atoms with Crippen molar-refractivity contribution in [2.75, 3.05) is 4.90 Å². The highest BCUT2D eigenvalue weighted by atomic mass is 16.6. The molecule has 0 N–H and O–H groups in total. The zero-order chi connectivity index (χ0) is 25.1. The Morgan fingerprint density at radius 3 is 2.36 bits per heavy atom. The highest BCUT2D eigenvalue weighted by molar-refractivity contribution is 6.25. The molecular weight excluding hydrogens is 460 g/mol. The van der Waals surface area contributed by atoms with Crippen LogP contribution in [0, 0.1) is 28.9 Å². The van der Waals surface area contributed by atoms with Crippen molar-refractivity contribution in [1.82, 2.24) is 5.01 Å². The second-order valence-electron chi connectivity index (χ2n) is 9.16. The fourth-order valence-electron chi connectivity index (χ4n) is 5.68. The molecule has 2 saturated heterocycles. The van der Waals surface area contributed by atoms with Gasteiger partial charge in [-0.25, -0.2) is 4.90 Å². The fraction of sp³-hybridized carbons (Fsp3) is 0.185. The monoisotopic (exact) mass is 480 g/mol. The summed E-state index contributed by atoms with van der Waals surface area (Å²) in [5, 5.41) is 17.4. The lowest BCUT2D eigenvalue weighted by Crippen LogP contribution is -2.44. The number of hydrogen-bond acceptors (Lipinski definition) is 7. The van der Waals surface area contributed by atoms with Gasteiger partial charge in [-0.1, -0.05) is 54.6 Å². The molecule has 0 radical (unpaired) electrons. The summed E-state index contributed by atoms with van der Waals surface area (Å²) in [6, 6.07) is 18.7. The number of nitro groups is 1. The van der Waals surface area contributed by atoms with Crippen molar-refractivity contribution in [3.63, 3.8) is 0 Å². The van der Waals surface area contributed by atoms with Crippen LogP contribution >= 0.6 is 0 Å². The molecule has 3 aliphatic rings. The number of nitro benzene ring substituents is 1. The highest BCUT2D eigenvalue weighted by Crippen LogP contribution is 2.53. The Kier molecular flexibility index (Phi) is 4.82. The molecule has 4 atom stereocenters. The van der Waals surface area contributed by atoms with Gasteiger partial charge in [0.15, 0.2) is 5.78 Å². The van der Waals surface area contributed by atoms with E-state index in [9.17, 15) is 24.5 Å². The molecule has 9 heteroatoms. The Bertz CT molecular complexity index is 1480. The number of amides is 2. The van der Waals surface area contributed by atoms with E-state index in [0.29, 0.717) is 11.1 Å². The standard InChI is InChI=1S/C27H20N4O5/c1-15-13-18(31(35)36)11-12-20(15)29-26(33)21-22(27(29)34)24(25(32)16-7-3-2-4-8-16)30-23(21)19-10-6-5-9-17(19)14-28-30/h2-14,21-24H,1H3. The quantitative estimate of drug-likeness (QED) is 0.244. The predicted molar refractivity (Wildman–Crippen MR) is 130 cm³/mol. The number of ketones is 1. The maximum atomic E-state index is 13.9. The van der Waals surface area contributed by atoms with E-state index < -0.39 is 40.7 Å². The van der Waals surface area contributed by atoms with Crippen LogP contribution in [0.5, 0.6) is 0 Å². The van der Waals surface area contributed by atoms with Crippen molar-refractivity contribution in [3.05, 3.63) is 105 Å². The number of imide groups is 1. The van der Waals surface area contributed by atoms with Crippen LogP contribution in [-0.2, 0) is 9.59 Å². The molecule has 0 aromatic heterocycles. The molecule has 0 spiro atoms. The van der Waals surface area contributed by atoms with Crippen LogP contribution in [-0.4, -0.2) is 39.8 Å². The van der Waals surface area contributed by atoms with E-state index in [2.05, 4.69) is 5.10 Å². The predicted octanol–water partition coefficient (Wildman–Crippen LogP) is 3.66. The molecular formula is C27H20N4O5. The number of carbonyl (C=O) groups excluding carboxylic acids is 3. The van der Waals surface area contributed by atoms with E-state index in [0.717, 1.165) is 16.0 Å². The summed E-state index contributed by atoms with van der Waals surface area (Å²) < 4.78 is 0. The first-order chi connectivity index (χ1) is 17.4. The Morgan fingerprint density at radius 2 is 1.64 bits per heavy atom. The minimum atomic E-state index is -0.966. The van der Waals surface area contributed by atoms with Gasteiger partial charge in [-0.2, -0.15) is 5.10 Å². The van der Waals surface area contributed by atoms with E-state index in [4.69, 9.17) is 0 Å². The third-order valence-electron chi connectivity index (χ3n) is 7.25. The summed E-state index contributed by atoms with van der Waals surface area (Å²) in [5.41, 5.74) is 2.67. The van der Waals surface area contributed by atoms with Crippen LogP contribution < -0.4 is 4.90 Å². The van der Waals surface area contributed by atoms with Gasteiger partial charge >= 0.3 is 0 Å². The summed E-state index contributed by atoms with van der Waals surface area (Å²) in [6.07, 6.45) is 1.66. The van der Waals surface area contributed by atoms with Gasteiger partial charge in [-0.15, -0.1) is 0 Å². The second kappa shape index (κ2) is 7.94. The molecule has 178 valence electrons. The number of hydrogen-bond donors (Lipinski definition) is 0.